The standard InChI is InChI=1S/C15H14BrN5/c1-17-15-12(16)13(10-6-4-3-5-7-10)19-14(20-15)11-8-9-18-21(11)2/h3-9H,1-2H3,(H,17,19,20). The summed E-state index contributed by atoms with van der Waals surface area (Å²) < 4.78 is 2.61. The highest BCUT2D eigenvalue weighted by Gasteiger charge is 2.15. The highest BCUT2D eigenvalue weighted by Crippen LogP contribution is 2.33. The Hall–Kier alpha value is -2.21. The van der Waals surface area contributed by atoms with Crippen molar-refractivity contribution in [2.75, 3.05) is 12.4 Å². The Bertz CT molecular complexity index is 767. The van der Waals surface area contributed by atoms with E-state index in [-0.39, 0.29) is 0 Å². The molecular formula is C15H14BrN5. The Morgan fingerprint density at radius 2 is 1.86 bits per heavy atom. The monoisotopic (exact) mass is 343 g/mol. The summed E-state index contributed by atoms with van der Waals surface area (Å²) in [6.45, 7) is 0. The molecule has 0 aliphatic carbocycles. The minimum absolute atomic E-state index is 0.640. The molecule has 0 atom stereocenters. The van der Waals surface area contributed by atoms with E-state index in [0.717, 1.165) is 27.2 Å². The van der Waals surface area contributed by atoms with Crippen LogP contribution in [0.15, 0.2) is 47.1 Å². The third kappa shape index (κ3) is 2.54. The minimum Gasteiger partial charge on any atom is -0.372 e. The molecular weight excluding hydrogens is 330 g/mol. The lowest BCUT2D eigenvalue weighted by Gasteiger charge is -2.11. The number of nitrogens with one attached hydrogen (secondary N) is 1. The molecule has 0 saturated heterocycles. The lowest BCUT2D eigenvalue weighted by molar-refractivity contribution is 0.770. The van der Waals surface area contributed by atoms with Gasteiger partial charge in [-0.1, -0.05) is 30.3 Å². The third-order valence-electron chi connectivity index (χ3n) is 3.19. The average molecular weight is 344 g/mol. The lowest BCUT2D eigenvalue weighted by Crippen LogP contribution is -2.03. The number of rotatable bonds is 3. The van der Waals surface area contributed by atoms with E-state index in [1.807, 2.05) is 50.5 Å². The van der Waals surface area contributed by atoms with Crippen LogP contribution in [0.4, 0.5) is 5.82 Å². The second kappa shape index (κ2) is 5.65. The number of nitrogens with zero attached hydrogens (tertiary/aromatic N) is 4. The van der Waals surface area contributed by atoms with E-state index in [1.54, 1.807) is 10.9 Å². The fraction of sp³-hybridized carbons (Fsp3) is 0.133. The first kappa shape index (κ1) is 13.8. The van der Waals surface area contributed by atoms with E-state index in [9.17, 15) is 0 Å². The molecule has 0 unspecified atom stereocenters. The Kier molecular flexibility index (Phi) is 3.70. The van der Waals surface area contributed by atoms with Gasteiger partial charge in [-0.15, -0.1) is 0 Å². The van der Waals surface area contributed by atoms with Crippen LogP contribution >= 0.6 is 15.9 Å². The van der Waals surface area contributed by atoms with Crippen LogP contribution in [0.3, 0.4) is 0 Å². The van der Waals surface area contributed by atoms with Crippen LogP contribution in [0.5, 0.6) is 0 Å². The molecule has 3 rings (SSSR count). The molecule has 3 aromatic rings. The summed E-state index contributed by atoms with van der Waals surface area (Å²) in [6, 6.07) is 11.9. The molecule has 0 spiro atoms. The Morgan fingerprint density at radius 3 is 2.48 bits per heavy atom. The van der Waals surface area contributed by atoms with Gasteiger partial charge in [0.1, 0.15) is 11.5 Å². The normalized spacial score (nSPS) is 10.6. The maximum absolute atomic E-state index is 4.70. The van der Waals surface area contributed by atoms with E-state index in [2.05, 4.69) is 31.3 Å². The molecule has 0 aliphatic rings. The molecule has 2 aromatic heterocycles. The van der Waals surface area contributed by atoms with Gasteiger partial charge in [-0.05, 0) is 22.0 Å². The van der Waals surface area contributed by atoms with Gasteiger partial charge in [0.05, 0.1) is 10.2 Å². The zero-order valence-corrected chi connectivity index (χ0v) is 13.3. The van der Waals surface area contributed by atoms with Crippen LogP contribution in [0.2, 0.25) is 0 Å². The molecule has 106 valence electrons. The summed E-state index contributed by atoms with van der Waals surface area (Å²) in [4.78, 5) is 9.25. The number of hydrogen-bond acceptors (Lipinski definition) is 4. The second-order valence-corrected chi connectivity index (χ2v) is 5.31. The largest absolute Gasteiger partial charge is 0.372 e. The molecule has 0 amide bonds. The predicted octanol–water partition coefficient (Wildman–Crippen LogP) is 3.35. The molecule has 0 fully saturated rings. The molecule has 6 heteroatoms. The molecule has 1 aromatic carbocycles. The van der Waals surface area contributed by atoms with Crippen LogP contribution < -0.4 is 5.32 Å². The van der Waals surface area contributed by atoms with Crippen molar-refractivity contribution in [2.45, 2.75) is 0 Å². The number of benzene rings is 1. The SMILES string of the molecule is CNc1nc(-c2ccnn2C)nc(-c2ccccc2)c1Br. The van der Waals surface area contributed by atoms with Gasteiger partial charge in [0.25, 0.3) is 0 Å². The topological polar surface area (TPSA) is 55.6 Å². The second-order valence-electron chi connectivity index (χ2n) is 4.51. The molecule has 5 nitrogen and oxygen atoms in total. The molecule has 2 heterocycles. The van der Waals surface area contributed by atoms with Crippen molar-refractivity contribution in [3.8, 4) is 22.8 Å². The van der Waals surface area contributed by atoms with E-state index >= 15 is 0 Å². The van der Waals surface area contributed by atoms with Crippen molar-refractivity contribution in [1.82, 2.24) is 19.7 Å². The van der Waals surface area contributed by atoms with Gasteiger partial charge in [-0.2, -0.15) is 5.10 Å². The number of aromatic nitrogens is 4. The fourth-order valence-corrected chi connectivity index (χ4v) is 2.71. The van der Waals surface area contributed by atoms with E-state index in [0.29, 0.717) is 5.82 Å². The van der Waals surface area contributed by atoms with E-state index in [4.69, 9.17) is 4.98 Å². The molecule has 21 heavy (non-hydrogen) atoms. The van der Waals surface area contributed by atoms with Crippen LogP contribution in [0, 0.1) is 0 Å². The summed E-state index contributed by atoms with van der Waals surface area (Å²) in [5.74, 6) is 1.39. The summed E-state index contributed by atoms with van der Waals surface area (Å²) in [5, 5.41) is 7.28. The van der Waals surface area contributed by atoms with Gasteiger partial charge in [-0.3, -0.25) is 4.68 Å². The quantitative estimate of drug-likeness (QED) is 0.792. The maximum atomic E-state index is 4.70. The predicted molar refractivity (Wildman–Crippen MR) is 86.9 cm³/mol. The Labute approximate surface area is 131 Å². The first-order valence-electron chi connectivity index (χ1n) is 6.50. The summed E-state index contributed by atoms with van der Waals surface area (Å²) in [6.07, 6.45) is 1.74. The zero-order chi connectivity index (χ0) is 14.8. The molecule has 0 saturated carbocycles. The summed E-state index contributed by atoms with van der Waals surface area (Å²) >= 11 is 3.58. The molecule has 0 aliphatic heterocycles. The van der Waals surface area contributed by atoms with Crippen molar-refractivity contribution in [3.05, 3.63) is 47.1 Å². The minimum atomic E-state index is 0.640. The van der Waals surface area contributed by atoms with Gasteiger partial charge < -0.3 is 5.32 Å². The van der Waals surface area contributed by atoms with Gasteiger partial charge in [0.15, 0.2) is 5.82 Å². The summed E-state index contributed by atoms with van der Waals surface area (Å²) in [7, 11) is 3.72. The van der Waals surface area contributed by atoms with Crippen LogP contribution in [0.1, 0.15) is 0 Å². The van der Waals surface area contributed by atoms with Gasteiger partial charge >= 0.3 is 0 Å². The van der Waals surface area contributed by atoms with Crippen LogP contribution in [-0.4, -0.2) is 26.8 Å². The smallest absolute Gasteiger partial charge is 0.180 e. The fourth-order valence-electron chi connectivity index (χ4n) is 2.11. The number of aryl methyl sites for hydroxylation is 1. The first-order chi connectivity index (χ1) is 10.2. The van der Waals surface area contributed by atoms with Gasteiger partial charge in [-0.25, -0.2) is 9.97 Å². The van der Waals surface area contributed by atoms with Crippen molar-refractivity contribution in [2.24, 2.45) is 7.05 Å². The molecule has 0 bridgehead atoms. The third-order valence-corrected chi connectivity index (χ3v) is 3.94. The van der Waals surface area contributed by atoms with Crippen LogP contribution in [0.25, 0.3) is 22.8 Å². The average Bonchev–Trinajstić information content (AvgIpc) is 2.94. The summed E-state index contributed by atoms with van der Waals surface area (Å²) in [5.41, 5.74) is 2.76. The van der Waals surface area contributed by atoms with Crippen molar-refractivity contribution in [3.63, 3.8) is 0 Å². The zero-order valence-electron chi connectivity index (χ0n) is 11.7. The van der Waals surface area contributed by atoms with Crippen molar-refractivity contribution in [1.29, 1.82) is 0 Å². The molecule has 1 N–H and O–H groups in total. The Balaban J connectivity index is 2.23. The maximum Gasteiger partial charge on any atom is 0.180 e. The highest BCUT2D eigenvalue weighted by atomic mass is 79.9. The Morgan fingerprint density at radius 1 is 1.10 bits per heavy atom. The number of hydrogen-bond donors (Lipinski definition) is 1. The van der Waals surface area contributed by atoms with E-state index in [1.165, 1.54) is 0 Å². The first-order valence-corrected chi connectivity index (χ1v) is 7.29. The van der Waals surface area contributed by atoms with Crippen molar-refractivity contribution >= 4 is 21.7 Å². The van der Waals surface area contributed by atoms with Crippen LogP contribution in [-0.2, 0) is 7.05 Å². The number of halogens is 1. The lowest BCUT2D eigenvalue weighted by atomic mass is 10.1. The van der Waals surface area contributed by atoms with Gasteiger partial charge in [0, 0.05) is 25.9 Å². The highest BCUT2D eigenvalue weighted by molar-refractivity contribution is 9.10. The van der Waals surface area contributed by atoms with Crippen molar-refractivity contribution < 1.29 is 0 Å². The molecule has 0 radical (unpaired) electrons. The van der Waals surface area contributed by atoms with Gasteiger partial charge in [0.2, 0.25) is 0 Å². The number of anilines is 1. The van der Waals surface area contributed by atoms with E-state index < -0.39 is 0 Å².